The fourth-order valence-corrected chi connectivity index (χ4v) is 12.5. The molecular formula is C43H61NO7. The van der Waals surface area contributed by atoms with Crippen LogP contribution in [0.25, 0.3) is 0 Å². The van der Waals surface area contributed by atoms with Crippen molar-refractivity contribution in [2.75, 3.05) is 0 Å². The summed E-state index contributed by atoms with van der Waals surface area (Å²) < 4.78 is 11.9. The molecule has 51 heavy (non-hydrogen) atoms. The van der Waals surface area contributed by atoms with Crippen LogP contribution in [0.3, 0.4) is 0 Å². The highest BCUT2D eigenvalue weighted by Gasteiger charge is 2.70. The maximum atomic E-state index is 13.9. The van der Waals surface area contributed by atoms with Crippen molar-refractivity contribution in [3.63, 3.8) is 0 Å². The lowest BCUT2D eigenvalue weighted by Gasteiger charge is -2.72. The van der Waals surface area contributed by atoms with Crippen LogP contribution in [-0.4, -0.2) is 40.6 Å². The van der Waals surface area contributed by atoms with Crippen LogP contribution >= 0.6 is 0 Å². The van der Waals surface area contributed by atoms with Gasteiger partial charge in [0, 0.05) is 11.8 Å². The monoisotopic (exact) mass is 703 g/mol. The number of ether oxygens (including phenoxy) is 2. The molecule has 0 spiro atoms. The normalized spacial score (nSPS) is 37.1. The number of esters is 1. The number of amides is 1. The number of alkyl carbamates (subject to hydrolysis) is 1. The first-order valence-corrected chi connectivity index (χ1v) is 19.4. The molecule has 1 amide bonds. The van der Waals surface area contributed by atoms with Crippen LogP contribution in [-0.2, 0) is 30.5 Å². The largest absolute Gasteiger partial charge is 0.481 e. The molecule has 3 unspecified atom stereocenters. The molecule has 1 aromatic rings. The van der Waals surface area contributed by atoms with Gasteiger partial charge in [-0.25, -0.2) is 4.79 Å². The van der Waals surface area contributed by atoms with E-state index in [2.05, 4.69) is 53.8 Å². The molecule has 1 aromatic carbocycles. The molecule has 0 bridgehead atoms. The van der Waals surface area contributed by atoms with Crippen LogP contribution < -0.4 is 5.32 Å². The molecular weight excluding hydrogens is 642 g/mol. The van der Waals surface area contributed by atoms with E-state index in [1.54, 1.807) is 13.8 Å². The summed E-state index contributed by atoms with van der Waals surface area (Å²) in [6.45, 7) is 19.6. The third kappa shape index (κ3) is 5.95. The number of carbonyl (C=O) groups is 4. The summed E-state index contributed by atoms with van der Waals surface area (Å²) in [5, 5.41) is 12.9. The Labute approximate surface area is 304 Å². The summed E-state index contributed by atoms with van der Waals surface area (Å²) in [5.41, 5.74) is 0.898. The van der Waals surface area contributed by atoms with Gasteiger partial charge in [0.2, 0.25) is 0 Å². The van der Waals surface area contributed by atoms with Crippen molar-refractivity contribution in [2.45, 2.75) is 145 Å². The first kappa shape index (κ1) is 37.6. The molecule has 4 fully saturated rings. The van der Waals surface area contributed by atoms with E-state index in [1.165, 1.54) is 5.57 Å². The van der Waals surface area contributed by atoms with Gasteiger partial charge in [0.1, 0.15) is 12.7 Å². The summed E-state index contributed by atoms with van der Waals surface area (Å²) in [4.78, 5) is 52.2. The average molecular weight is 704 g/mol. The van der Waals surface area contributed by atoms with Crippen LogP contribution in [0.15, 0.2) is 41.5 Å². The van der Waals surface area contributed by atoms with Crippen LogP contribution in [0.1, 0.15) is 132 Å². The molecule has 6 rings (SSSR count). The molecule has 5 aliphatic carbocycles. The Hall–Kier alpha value is -3.16. The highest BCUT2D eigenvalue weighted by molar-refractivity contribution is 6.02. The summed E-state index contributed by atoms with van der Waals surface area (Å²) in [6, 6.07) is 9.68. The molecule has 8 heteroatoms. The lowest BCUT2D eigenvalue weighted by Crippen LogP contribution is -2.67. The number of rotatable bonds is 8. The summed E-state index contributed by atoms with van der Waals surface area (Å²) in [5.74, 6) is -0.194. The maximum Gasteiger partial charge on any atom is 0.408 e. The Kier molecular flexibility index (Phi) is 9.40. The number of carboxylic acid groups (broad SMARTS) is 1. The van der Waals surface area contributed by atoms with Crippen LogP contribution in [0.5, 0.6) is 0 Å². The van der Waals surface area contributed by atoms with Gasteiger partial charge in [-0.15, -0.1) is 0 Å². The van der Waals surface area contributed by atoms with Gasteiger partial charge in [0.05, 0.1) is 17.4 Å². The van der Waals surface area contributed by atoms with Gasteiger partial charge in [0.15, 0.2) is 5.78 Å². The number of carbonyl (C=O) groups excluding carboxylic acids is 3. The minimum atomic E-state index is -1.17. The zero-order valence-electron chi connectivity index (χ0n) is 32.4. The minimum absolute atomic E-state index is 0.0208. The number of aliphatic carboxylic acids is 1. The second-order valence-corrected chi connectivity index (χ2v) is 19.2. The minimum Gasteiger partial charge on any atom is -0.481 e. The Bertz CT molecular complexity index is 1610. The van der Waals surface area contributed by atoms with Crippen molar-refractivity contribution in [3.8, 4) is 0 Å². The molecule has 5 aliphatic rings. The van der Waals surface area contributed by atoms with Gasteiger partial charge < -0.3 is 19.9 Å². The van der Waals surface area contributed by atoms with Gasteiger partial charge in [-0.1, -0.05) is 78.8 Å². The van der Waals surface area contributed by atoms with E-state index in [0.29, 0.717) is 18.3 Å². The SMILES string of the molecule is CC(C)C1=C2C3CCC4[C@@]5(C)CC[C@H](OC(=O)CC(C)(C)C(=O)O)C(C)(C)C5CC[C@@]4(C)[C@]3(C)CC[C@@]2(NC(=O)OCc2ccccc2)CC1=O. The van der Waals surface area contributed by atoms with Crippen molar-refractivity contribution in [1.29, 1.82) is 0 Å². The maximum absolute atomic E-state index is 13.9. The summed E-state index contributed by atoms with van der Waals surface area (Å²) in [7, 11) is 0. The van der Waals surface area contributed by atoms with Crippen molar-refractivity contribution in [1.82, 2.24) is 5.32 Å². The lowest BCUT2D eigenvalue weighted by molar-refractivity contribution is -0.232. The van der Waals surface area contributed by atoms with Crippen LogP contribution in [0, 0.1) is 50.7 Å². The van der Waals surface area contributed by atoms with Gasteiger partial charge in [-0.05, 0) is 122 Å². The molecule has 8 atom stereocenters. The predicted molar refractivity (Wildman–Crippen MR) is 195 cm³/mol. The predicted octanol–water partition coefficient (Wildman–Crippen LogP) is 9.06. The number of nitrogens with one attached hydrogen (secondary N) is 1. The third-order valence-electron chi connectivity index (χ3n) is 15.4. The molecule has 0 heterocycles. The molecule has 280 valence electrons. The Morgan fingerprint density at radius 1 is 0.902 bits per heavy atom. The third-order valence-corrected chi connectivity index (χ3v) is 15.4. The smallest absolute Gasteiger partial charge is 0.408 e. The van der Waals surface area contributed by atoms with Crippen molar-refractivity contribution >= 4 is 23.8 Å². The first-order chi connectivity index (χ1) is 23.7. The van der Waals surface area contributed by atoms with Gasteiger partial charge >= 0.3 is 18.0 Å². The van der Waals surface area contributed by atoms with Crippen LogP contribution in [0.4, 0.5) is 4.79 Å². The standard InChI is InChI=1S/C43H61NO7/c1-26(2)34-29(45)23-43(44-37(49)50-25-27-13-11-10-12-14-27)22-21-41(8)28(35(34)43)15-16-31-40(7)19-18-32(51-33(46)24-38(3,4)36(47)48)39(5,6)30(40)17-20-42(31,41)9/h10-14,26,28,30-32H,15-25H2,1-9H3,(H,44,49)(H,47,48)/t28?,30?,31?,32-,40-,41+,42+,43+/m0/s1. The number of carboxylic acids is 1. The quantitative estimate of drug-likeness (QED) is 0.259. The molecule has 4 saturated carbocycles. The Balaban J connectivity index is 1.26. The number of Topliss-reactive ketones (excluding diaryl/α,β-unsaturated/α-hetero) is 1. The van der Waals surface area contributed by atoms with E-state index in [9.17, 15) is 24.3 Å². The second kappa shape index (κ2) is 12.8. The topological polar surface area (TPSA) is 119 Å². The summed E-state index contributed by atoms with van der Waals surface area (Å²) >= 11 is 0. The molecule has 8 nitrogen and oxygen atoms in total. The van der Waals surface area contributed by atoms with E-state index in [1.807, 2.05) is 30.3 Å². The van der Waals surface area contributed by atoms with Gasteiger partial charge in [-0.3, -0.25) is 14.4 Å². The van der Waals surface area contributed by atoms with E-state index in [4.69, 9.17) is 9.47 Å². The Morgan fingerprint density at radius 3 is 2.24 bits per heavy atom. The van der Waals surface area contributed by atoms with E-state index >= 15 is 0 Å². The van der Waals surface area contributed by atoms with Gasteiger partial charge in [0.25, 0.3) is 0 Å². The Morgan fingerprint density at radius 2 is 1.59 bits per heavy atom. The number of allylic oxidation sites excluding steroid dienone is 1. The second-order valence-electron chi connectivity index (χ2n) is 19.2. The first-order valence-electron chi connectivity index (χ1n) is 19.4. The number of fused-ring (bicyclic) bond motifs is 7. The van der Waals surface area contributed by atoms with Crippen molar-refractivity contribution in [2.24, 2.45) is 50.7 Å². The highest BCUT2D eigenvalue weighted by atomic mass is 16.6. The fraction of sp³-hybridized carbons (Fsp3) is 0.721. The number of hydrogen-bond donors (Lipinski definition) is 2. The van der Waals surface area contributed by atoms with Crippen molar-refractivity contribution < 1.29 is 33.8 Å². The van der Waals surface area contributed by atoms with Crippen molar-refractivity contribution in [3.05, 3.63) is 47.0 Å². The van der Waals surface area contributed by atoms with Gasteiger partial charge in [-0.2, -0.15) is 0 Å². The molecule has 0 aliphatic heterocycles. The number of benzene rings is 1. The molecule has 0 aromatic heterocycles. The average Bonchev–Trinajstić information content (AvgIpc) is 3.33. The molecule has 2 N–H and O–H groups in total. The highest BCUT2D eigenvalue weighted by Crippen LogP contribution is 2.76. The van der Waals surface area contributed by atoms with Crippen LogP contribution in [0.2, 0.25) is 0 Å². The zero-order chi connectivity index (χ0) is 37.4. The fourth-order valence-electron chi connectivity index (χ4n) is 12.5. The van der Waals surface area contributed by atoms with E-state index in [-0.39, 0.29) is 58.4 Å². The summed E-state index contributed by atoms with van der Waals surface area (Å²) in [6.07, 6.45) is 6.92. The molecule has 0 saturated heterocycles. The van der Waals surface area contributed by atoms with E-state index in [0.717, 1.165) is 62.5 Å². The lowest BCUT2D eigenvalue weighted by atomic mass is 9.33. The van der Waals surface area contributed by atoms with E-state index < -0.39 is 29.0 Å². The zero-order valence-corrected chi connectivity index (χ0v) is 32.4. The number of hydrogen-bond acceptors (Lipinski definition) is 6. The number of ketones is 1. The molecule has 0 radical (unpaired) electrons.